The lowest BCUT2D eigenvalue weighted by Crippen LogP contribution is -2.53. The minimum absolute atomic E-state index is 0.158. The van der Waals surface area contributed by atoms with Gasteiger partial charge in [-0.05, 0) is 19.4 Å². The number of cyclic esters (lactones) is 1. The fourth-order valence-electron chi connectivity index (χ4n) is 1.69. The Morgan fingerprint density at radius 2 is 2.00 bits per heavy atom. The molecule has 3 heteroatoms. The summed E-state index contributed by atoms with van der Waals surface area (Å²) < 4.78 is 5.16. The summed E-state index contributed by atoms with van der Waals surface area (Å²) in [4.78, 5) is 11.6. The van der Waals surface area contributed by atoms with Crippen LogP contribution < -0.4 is 5.32 Å². The quantitative estimate of drug-likeness (QED) is 0.708. The largest absolute Gasteiger partial charge is 0.462 e. The summed E-state index contributed by atoms with van der Waals surface area (Å²) in [5.74, 6) is -0.194. The fraction of sp³-hybridized carbons (Fsp3) is 0.417. The van der Waals surface area contributed by atoms with Crippen molar-refractivity contribution in [2.24, 2.45) is 0 Å². The van der Waals surface area contributed by atoms with Gasteiger partial charge >= 0.3 is 5.97 Å². The van der Waals surface area contributed by atoms with Crippen molar-refractivity contribution in [2.45, 2.75) is 25.4 Å². The molecule has 0 bridgehead atoms. The van der Waals surface area contributed by atoms with Gasteiger partial charge in [0.05, 0.1) is 0 Å². The highest BCUT2D eigenvalue weighted by Crippen LogP contribution is 2.23. The van der Waals surface area contributed by atoms with E-state index in [2.05, 4.69) is 5.32 Å². The van der Waals surface area contributed by atoms with Crippen molar-refractivity contribution in [2.75, 3.05) is 6.61 Å². The van der Waals surface area contributed by atoms with E-state index in [9.17, 15) is 4.79 Å². The van der Waals surface area contributed by atoms with Gasteiger partial charge in [0.25, 0.3) is 0 Å². The molecular formula is C12H15NO2. The van der Waals surface area contributed by atoms with Crippen LogP contribution in [0, 0.1) is 0 Å². The summed E-state index contributed by atoms with van der Waals surface area (Å²) in [6.45, 7) is 4.47. The fourth-order valence-corrected chi connectivity index (χ4v) is 1.69. The van der Waals surface area contributed by atoms with Gasteiger partial charge in [0.15, 0.2) is 0 Å². The van der Waals surface area contributed by atoms with Gasteiger partial charge in [-0.3, -0.25) is 5.32 Å². The lowest BCUT2D eigenvalue weighted by Gasteiger charge is -2.35. The van der Waals surface area contributed by atoms with Crippen LogP contribution in [-0.4, -0.2) is 18.1 Å². The van der Waals surface area contributed by atoms with Gasteiger partial charge in [0.1, 0.15) is 12.6 Å². The van der Waals surface area contributed by atoms with Gasteiger partial charge in [-0.1, -0.05) is 30.3 Å². The molecule has 1 aliphatic rings. The van der Waals surface area contributed by atoms with Crippen LogP contribution in [0.5, 0.6) is 0 Å². The molecule has 0 saturated carbocycles. The van der Waals surface area contributed by atoms with Crippen molar-refractivity contribution in [1.82, 2.24) is 5.32 Å². The zero-order valence-electron chi connectivity index (χ0n) is 8.99. The number of morpholine rings is 1. The summed E-state index contributed by atoms with van der Waals surface area (Å²) in [6.07, 6.45) is 0. The van der Waals surface area contributed by atoms with Crippen LogP contribution in [0.3, 0.4) is 0 Å². The second-order valence-corrected chi connectivity index (χ2v) is 4.48. The number of carbonyl (C=O) groups excluding carboxylic acids is 1. The summed E-state index contributed by atoms with van der Waals surface area (Å²) in [7, 11) is 0. The summed E-state index contributed by atoms with van der Waals surface area (Å²) >= 11 is 0. The Bertz CT molecular complexity index is 359. The SMILES string of the molecule is CC1(C)COC(=O)C(c2ccccc2)N1. The molecule has 1 heterocycles. The van der Waals surface area contributed by atoms with Crippen molar-refractivity contribution in [1.29, 1.82) is 0 Å². The molecule has 1 atom stereocenters. The summed E-state index contributed by atoms with van der Waals surface area (Å²) in [5.41, 5.74) is 0.796. The van der Waals surface area contributed by atoms with Crippen molar-refractivity contribution >= 4 is 5.97 Å². The molecule has 15 heavy (non-hydrogen) atoms. The minimum Gasteiger partial charge on any atom is -0.462 e. The molecule has 1 unspecified atom stereocenters. The van der Waals surface area contributed by atoms with E-state index in [0.29, 0.717) is 6.61 Å². The molecule has 0 radical (unpaired) electrons. The van der Waals surface area contributed by atoms with Crippen LogP contribution in [0.1, 0.15) is 25.5 Å². The van der Waals surface area contributed by atoms with E-state index in [-0.39, 0.29) is 17.6 Å². The summed E-state index contributed by atoms with van der Waals surface area (Å²) in [5, 5.41) is 3.28. The molecule has 1 aromatic carbocycles. The molecule has 80 valence electrons. The Balaban J connectivity index is 2.24. The zero-order chi connectivity index (χ0) is 10.9. The Morgan fingerprint density at radius 3 is 2.67 bits per heavy atom. The second kappa shape index (κ2) is 3.66. The standard InChI is InChI=1S/C12H15NO2/c1-12(2)8-15-11(14)10(13-12)9-6-4-3-5-7-9/h3-7,10,13H,8H2,1-2H3. The van der Waals surface area contributed by atoms with Crippen LogP contribution in [0.15, 0.2) is 30.3 Å². The normalized spacial score (nSPS) is 24.7. The third-order valence-electron chi connectivity index (χ3n) is 2.48. The highest BCUT2D eigenvalue weighted by atomic mass is 16.5. The number of esters is 1. The molecule has 1 aliphatic heterocycles. The maximum absolute atomic E-state index is 11.6. The number of ether oxygens (including phenoxy) is 1. The van der Waals surface area contributed by atoms with E-state index in [0.717, 1.165) is 5.56 Å². The van der Waals surface area contributed by atoms with E-state index < -0.39 is 0 Å². The van der Waals surface area contributed by atoms with Crippen LogP contribution in [0.2, 0.25) is 0 Å². The lowest BCUT2D eigenvalue weighted by molar-refractivity contribution is -0.154. The molecule has 0 spiro atoms. The Kier molecular flexibility index (Phi) is 2.49. The predicted octanol–water partition coefficient (Wildman–Crippen LogP) is 1.65. The van der Waals surface area contributed by atoms with Gasteiger partial charge in [0.2, 0.25) is 0 Å². The topological polar surface area (TPSA) is 38.3 Å². The first-order valence-electron chi connectivity index (χ1n) is 5.08. The van der Waals surface area contributed by atoms with Crippen molar-refractivity contribution in [3.05, 3.63) is 35.9 Å². The zero-order valence-corrected chi connectivity index (χ0v) is 8.99. The molecule has 0 amide bonds. The molecule has 3 nitrogen and oxygen atoms in total. The first-order valence-corrected chi connectivity index (χ1v) is 5.08. The second-order valence-electron chi connectivity index (χ2n) is 4.48. The minimum atomic E-state index is -0.338. The maximum atomic E-state index is 11.6. The molecule has 1 N–H and O–H groups in total. The lowest BCUT2D eigenvalue weighted by atomic mass is 9.98. The van der Waals surface area contributed by atoms with E-state index in [1.807, 2.05) is 44.2 Å². The Labute approximate surface area is 89.4 Å². The molecule has 1 aromatic rings. The number of hydrogen-bond donors (Lipinski definition) is 1. The molecule has 2 rings (SSSR count). The summed E-state index contributed by atoms with van der Waals surface area (Å²) in [6, 6.07) is 9.30. The van der Waals surface area contributed by atoms with Crippen LogP contribution in [0.4, 0.5) is 0 Å². The van der Waals surface area contributed by atoms with Crippen LogP contribution in [-0.2, 0) is 9.53 Å². The van der Waals surface area contributed by atoms with Crippen molar-refractivity contribution < 1.29 is 9.53 Å². The van der Waals surface area contributed by atoms with Crippen LogP contribution in [0.25, 0.3) is 0 Å². The van der Waals surface area contributed by atoms with Crippen molar-refractivity contribution in [3.8, 4) is 0 Å². The molecule has 0 aliphatic carbocycles. The first kappa shape index (κ1) is 10.2. The van der Waals surface area contributed by atoms with E-state index in [1.165, 1.54) is 0 Å². The molecule has 0 aromatic heterocycles. The number of rotatable bonds is 1. The van der Waals surface area contributed by atoms with Gasteiger partial charge in [-0.25, -0.2) is 4.79 Å². The highest BCUT2D eigenvalue weighted by molar-refractivity contribution is 5.78. The average molecular weight is 205 g/mol. The third kappa shape index (κ3) is 2.18. The van der Waals surface area contributed by atoms with E-state index in [1.54, 1.807) is 0 Å². The smallest absolute Gasteiger partial charge is 0.327 e. The highest BCUT2D eigenvalue weighted by Gasteiger charge is 2.35. The van der Waals surface area contributed by atoms with Gasteiger partial charge in [0, 0.05) is 5.54 Å². The van der Waals surface area contributed by atoms with Gasteiger partial charge < -0.3 is 4.74 Å². The van der Waals surface area contributed by atoms with Crippen molar-refractivity contribution in [3.63, 3.8) is 0 Å². The van der Waals surface area contributed by atoms with Gasteiger partial charge in [-0.2, -0.15) is 0 Å². The number of carbonyl (C=O) groups is 1. The average Bonchev–Trinajstić information content (AvgIpc) is 2.23. The van der Waals surface area contributed by atoms with Crippen LogP contribution >= 0.6 is 0 Å². The maximum Gasteiger partial charge on any atom is 0.327 e. The monoisotopic (exact) mass is 205 g/mol. The Morgan fingerprint density at radius 1 is 1.33 bits per heavy atom. The predicted molar refractivity (Wildman–Crippen MR) is 57.4 cm³/mol. The molecular weight excluding hydrogens is 190 g/mol. The molecule has 1 saturated heterocycles. The molecule has 1 fully saturated rings. The number of nitrogens with one attached hydrogen (secondary N) is 1. The third-order valence-corrected chi connectivity index (χ3v) is 2.48. The Hall–Kier alpha value is -1.35. The van der Waals surface area contributed by atoms with E-state index >= 15 is 0 Å². The number of hydrogen-bond acceptors (Lipinski definition) is 3. The van der Waals surface area contributed by atoms with E-state index in [4.69, 9.17) is 4.74 Å². The van der Waals surface area contributed by atoms with Gasteiger partial charge in [-0.15, -0.1) is 0 Å². The number of benzene rings is 1. The first-order chi connectivity index (χ1) is 7.08.